The maximum absolute atomic E-state index is 13.6. The second kappa shape index (κ2) is 10.2. The number of carbonyl (C=O) groups is 2. The first kappa shape index (κ1) is 24.8. The molecule has 0 unspecified atom stereocenters. The molecule has 0 atom stereocenters. The first-order chi connectivity index (χ1) is 16.7. The summed E-state index contributed by atoms with van der Waals surface area (Å²) in [6, 6.07) is 6.21. The molecule has 0 N–H and O–H groups in total. The predicted octanol–water partition coefficient (Wildman–Crippen LogP) is 5.56. The van der Waals surface area contributed by atoms with Crippen molar-refractivity contribution in [2.75, 3.05) is 19.7 Å². The molecule has 2 aromatic heterocycles. The van der Waals surface area contributed by atoms with Crippen molar-refractivity contribution in [3.63, 3.8) is 0 Å². The highest BCUT2D eigenvalue weighted by Crippen LogP contribution is 2.37. The van der Waals surface area contributed by atoms with Crippen LogP contribution < -0.4 is 0 Å². The molecule has 1 aliphatic heterocycles. The summed E-state index contributed by atoms with van der Waals surface area (Å²) >= 11 is 1.33. The standard InChI is InChI=1S/C25H29FN4O4S/c1-5-33-23(31)19-14-35-22(28-19)21-20(16-6-8-17(26)9-7-16)27-15-30(21)18-10-12-29(13-11-18)24(32)34-25(2,3)4/h6-9,14-15,18H,5,10-13H2,1-4H3. The summed E-state index contributed by atoms with van der Waals surface area (Å²) < 4.78 is 26.2. The van der Waals surface area contributed by atoms with Crippen molar-refractivity contribution in [3.8, 4) is 22.0 Å². The molecule has 1 amide bonds. The van der Waals surface area contributed by atoms with Gasteiger partial charge in [0.2, 0.25) is 0 Å². The van der Waals surface area contributed by atoms with Crippen LogP contribution in [0.15, 0.2) is 36.0 Å². The molecule has 1 fully saturated rings. The lowest BCUT2D eigenvalue weighted by Crippen LogP contribution is -2.42. The maximum Gasteiger partial charge on any atom is 0.410 e. The summed E-state index contributed by atoms with van der Waals surface area (Å²) in [4.78, 5) is 35.6. The number of likely N-dealkylation sites (tertiary alicyclic amines) is 1. The van der Waals surface area contributed by atoms with Crippen molar-refractivity contribution in [1.82, 2.24) is 19.4 Å². The van der Waals surface area contributed by atoms with Gasteiger partial charge in [-0.3, -0.25) is 0 Å². The van der Waals surface area contributed by atoms with Gasteiger partial charge in [0.1, 0.15) is 22.1 Å². The van der Waals surface area contributed by atoms with E-state index in [1.165, 1.54) is 23.5 Å². The number of amides is 1. The highest BCUT2D eigenvalue weighted by Gasteiger charge is 2.30. The summed E-state index contributed by atoms with van der Waals surface area (Å²) in [6.45, 7) is 8.67. The number of benzene rings is 1. The van der Waals surface area contributed by atoms with Crippen molar-refractivity contribution in [3.05, 3.63) is 47.5 Å². The molecule has 186 valence electrons. The molecule has 1 aliphatic rings. The highest BCUT2D eigenvalue weighted by atomic mass is 32.1. The van der Waals surface area contributed by atoms with Crippen LogP contribution in [0.3, 0.4) is 0 Å². The van der Waals surface area contributed by atoms with E-state index >= 15 is 0 Å². The average molecular weight is 501 g/mol. The van der Waals surface area contributed by atoms with E-state index in [2.05, 4.69) is 14.5 Å². The van der Waals surface area contributed by atoms with Gasteiger partial charge in [0, 0.05) is 30.1 Å². The molecular weight excluding hydrogens is 471 g/mol. The molecule has 0 bridgehead atoms. The fourth-order valence-corrected chi connectivity index (χ4v) is 4.84. The number of halogens is 1. The summed E-state index contributed by atoms with van der Waals surface area (Å²) in [5, 5.41) is 2.30. The van der Waals surface area contributed by atoms with Crippen LogP contribution in [0, 0.1) is 5.82 Å². The van der Waals surface area contributed by atoms with Crippen LogP contribution in [0.5, 0.6) is 0 Å². The van der Waals surface area contributed by atoms with E-state index in [0.29, 0.717) is 36.6 Å². The topological polar surface area (TPSA) is 86.6 Å². The van der Waals surface area contributed by atoms with Crippen LogP contribution in [-0.2, 0) is 9.47 Å². The Morgan fingerprint density at radius 2 is 1.86 bits per heavy atom. The maximum atomic E-state index is 13.6. The van der Waals surface area contributed by atoms with Crippen LogP contribution in [0.1, 0.15) is 57.1 Å². The Hall–Kier alpha value is -3.27. The lowest BCUT2D eigenvalue weighted by Gasteiger charge is -2.34. The lowest BCUT2D eigenvalue weighted by atomic mass is 10.0. The van der Waals surface area contributed by atoms with Crippen molar-refractivity contribution < 1.29 is 23.5 Å². The first-order valence-corrected chi connectivity index (χ1v) is 12.5. The number of carbonyl (C=O) groups excluding carboxylic acids is 2. The monoisotopic (exact) mass is 500 g/mol. The van der Waals surface area contributed by atoms with E-state index in [1.54, 1.807) is 35.7 Å². The Balaban J connectivity index is 1.64. The molecule has 3 aromatic rings. The fraction of sp³-hybridized carbons (Fsp3) is 0.440. The van der Waals surface area contributed by atoms with Crippen molar-refractivity contribution >= 4 is 23.4 Å². The normalized spacial score (nSPS) is 14.7. The van der Waals surface area contributed by atoms with Gasteiger partial charge in [0.15, 0.2) is 5.69 Å². The largest absolute Gasteiger partial charge is 0.461 e. The number of hydrogen-bond donors (Lipinski definition) is 0. The molecule has 35 heavy (non-hydrogen) atoms. The summed E-state index contributed by atoms with van der Waals surface area (Å²) in [5.74, 6) is -0.807. The quantitative estimate of drug-likeness (QED) is 0.426. The molecule has 8 nitrogen and oxygen atoms in total. The summed E-state index contributed by atoms with van der Waals surface area (Å²) in [6.07, 6.45) is 2.86. The zero-order valence-corrected chi connectivity index (χ0v) is 21.1. The van der Waals surface area contributed by atoms with Gasteiger partial charge in [0.05, 0.1) is 18.6 Å². The Morgan fingerprint density at radius 3 is 2.49 bits per heavy atom. The third-order valence-electron chi connectivity index (χ3n) is 5.61. The zero-order valence-electron chi connectivity index (χ0n) is 20.3. The molecule has 0 spiro atoms. The summed E-state index contributed by atoms with van der Waals surface area (Å²) in [5.41, 5.74) is 1.86. The number of piperidine rings is 1. The van der Waals surface area contributed by atoms with Gasteiger partial charge in [-0.15, -0.1) is 11.3 Å². The average Bonchev–Trinajstić information content (AvgIpc) is 3.46. The van der Waals surface area contributed by atoms with E-state index in [0.717, 1.165) is 11.3 Å². The molecule has 1 saturated heterocycles. The molecule has 0 radical (unpaired) electrons. The Kier molecular flexibility index (Phi) is 7.20. The van der Waals surface area contributed by atoms with E-state index in [4.69, 9.17) is 9.47 Å². The van der Waals surface area contributed by atoms with Crippen LogP contribution in [0.4, 0.5) is 9.18 Å². The number of hydrogen-bond acceptors (Lipinski definition) is 7. The van der Waals surface area contributed by atoms with Crippen molar-refractivity contribution in [2.24, 2.45) is 0 Å². The van der Waals surface area contributed by atoms with Gasteiger partial charge < -0.3 is 18.9 Å². The van der Waals surface area contributed by atoms with Gasteiger partial charge in [-0.2, -0.15) is 0 Å². The minimum atomic E-state index is -0.545. The Morgan fingerprint density at radius 1 is 1.17 bits per heavy atom. The smallest absolute Gasteiger partial charge is 0.410 e. The molecule has 10 heteroatoms. The highest BCUT2D eigenvalue weighted by molar-refractivity contribution is 7.13. The first-order valence-electron chi connectivity index (χ1n) is 11.6. The minimum Gasteiger partial charge on any atom is -0.461 e. The molecule has 0 aliphatic carbocycles. The predicted molar refractivity (Wildman–Crippen MR) is 131 cm³/mol. The molecule has 4 rings (SSSR count). The van der Waals surface area contributed by atoms with Crippen LogP contribution in [0.25, 0.3) is 22.0 Å². The number of rotatable bonds is 5. The SMILES string of the molecule is CCOC(=O)c1csc(-c2c(-c3ccc(F)cc3)ncn2C2CCN(C(=O)OC(C)(C)C)CC2)n1. The molecule has 0 saturated carbocycles. The summed E-state index contributed by atoms with van der Waals surface area (Å²) in [7, 11) is 0. The van der Waals surface area contributed by atoms with Gasteiger partial charge in [0.25, 0.3) is 0 Å². The Labute approximate surface area is 207 Å². The van der Waals surface area contributed by atoms with Crippen LogP contribution in [-0.4, -0.2) is 56.8 Å². The van der Waals surface area contributed by atoms with E-state index in [1.807, 2.05) is 20.8 Å². The fourth-order valence-electron chi connectivity index (χ4n) is 4.00. The van der Waals surface area contributed by atoms with Gasteiger partial charge in [-0.25, -0.2) is 23.9 Å². The van der Waals surface area contributed by atoms with Gasteiger partial charge in [-0.05, 0) is 64.8 Å². The minimum absolute atomic E-state index is 0.0697. The zero-order chi connectivity index (χ0) is 25.2. The van der Waals surface area contributed by atoms with Crippen molar-refractivity contribution in [2.45, 2.75) is 52.2 Å². The van der Waals surface area contributed by atoms with E-state index in [9.17, 15) is 14.0 Å². The van der Waals surface area contributed by atoms with E-state index in [-0.39, 0.29) is 30.3 Å². The van der Waals surface area contributed by atoms with Crippen LogP contribution in [0.2, 0.25) is 0 Å². The second-order valence-corrected chi connectivity index (χ2v) is 10.2. The molecular formula is C25H29FN4O4S. The third kappa shape index (κ3) is 5.70. The number of imidazole rings is 1. The van der Waals surface area contributed by atoms with Gasteiger partial charge >= 0.3 is 12.1 Å². The number of thiazole rings is 1. The second-order valence-electron chi connectivity index (χ2n) is 9.31. The van der Waals surface area contributed by atoms with Gasteiger partial charge in [-0.1, -0.05) is 0 Å². The molecule has 1 aromatic carbocycles. The molecule has 3 heterocycles. The Bertz CT molecular complexity index is 1190. The van der Waals surface area contributed by atoms with E-state index < -0.39 is 11.6 Å². The number of esters is 1. The number of aromatic nitrogens is 3. The van der Waals surface area contributed by atoms with Crippen molar-refractivity contribution in [1.29, 1.82) is 0 Å². The number of ether oxygens (including phenoxy) is 2. The lowest BCUT2D eigenvalue weighted by molar-refractivity contribution is 0.0188. The number of nitrogens with zero attached hydrogens (tertiary/aromatic N) is 4. The third-order valence-corrected chi connectivity index (χ3v) is 6.46. The van der Waals surface area contributed by atoms with Crippen LogP contribution >= 0.6 is 11.3 Å².